The molecule has 1 atom stereocenters. The third-order valence-corrected chi connectivity index (χ3v) is 10.2. The van der Waals surface area contributed by atoms with E-state index in [2.05, 4.69) is 48.5 Å². The molecule has 2 aliphatic heterocycles. The molecule has 0 radical (unpaired) electrons. The summed E-state index contributed by atoms with van der Waals surface area (Å²) in [5, 5.41) is -0.0290. The smallest absolute Gasteiger partial charge is 0.231 e. The van der Waals surface area contributed by atoms with E-state index in [1.807, 2.05) is 29.6 Å². The fraction of sp³-hybridized carbons (Fsp3) is 0.333. The van der Waals surface area contributed by atoms with Gasteiger partial charge in [-0.25, -0.2) is 0 Å². The van der Waals surface area contributed by atoms with E-state index >= 15 is 0 Å². The Kier molecular flexibility index (Phi) is 7.80. The Labute approximate surface area is 219 Å². The van der Waals surface area contributed by atoms with Crippen molar-refractivity contribution in [1.82, 2.24) is 0 Å². The molecule has 2 heterocycles. The summed E-state index contributed by atoms with van der Waals surface area (Å²) < 4.78 is 29.0. The van der Waals surface area contributed by atoms with E-state index in [1.165, 1.54) is 22.4 Å². The van der Waals surface area contributed by atoms with Crippen LogP contribution in [0.2, 0.25) is 0 Å². The fourth-order valence-electron chi connectivity index (χ4n) is 4.27. The fourth-order valence-corrected chi connectivity index (χ4v) is 8.42. The largest absolute Gasteiger partial charge is 0.493 e. The summed E-state index contributed by atoms with van der Waals surface area (Å²) in [7, 11) is 4.94. The topological polar surface area (TPSA) is 46.2 Å². The molecule has 5 nitrogen and oxygen atoms in total. The van der Waals surface area contributed by atoms with Crippen LogP contribution in [0.3, 0.4) is 0 Å². The van der Waals surface area contributed by atoms with Crippen LogP contribution in [0.5, 0.6) is 28.7 Å². The Hall–Kier alpha value is -2.29. The highest BCUT2D eigenvalue weighted by molar-refractivity contribution is 8.16. The lowest BCUT2D eigenvalue weighted by molar-refractivity contribution is 0.174. The predicted molar refractivity (Wildman–Crippen MR) is 145 cm³/mol. The van der Waals surface area contributed by atoms with Gasteiger partial charge in [-0.1, -0.05) is 18.2 Å². The van der Waals surface area contributed by atoms with Crippen molar-refractivity contribution in [2.45, 2.75) is 21.1 Å². The molecule has 0 amide bonds. The highest BCUT2D eigenvalue weighted by Gasteiger charge is 2.30. The minimum absolute atomic E-state index is 0.0290. The van der Waals surface area contributed by atoms with Crippen molar-refractivity contribution in [3.05, 3.63) is 71.3 Å². The molecule has 3 aromatic rings. The van der Waals surface area contributed by atoms with Crippen molar-refractivity contribution in [1.29, 1.82) is 0 Å². The van der Waals surface area contributed by atoms with E-state index in [9.17, 15) is 0 Å². The Morgan fingerprint density at radius 2 is 1.51 bits per heavy atom. The minimum atomic E-state index is -0.0290. The molecule has 184 valence electrons. The third-order valence-electron chi connectivity index (χ3n) is 5.93. The van der Waals surface area contributed by atoms with Gasteiger partial charge in [0.1, 0.15) is 0 Å². The van der Waals surface area contributed by atoms with Gasteiger partial charge in [0.05, 0.1) is 31.2 Å². The number of rotatable bonds is 8. The second-order valence-electron chi connectivity index (χ2n) is 8.03. The van der Waals surface area contributed by atoms with Crippen molar-refractivity contribution in [2.24, 2.45) is 0 Å². The predicted octanol–water partition coefficient (Wildman–Crippen LogP) is 7.19. The Bertz CT molecular complexity index is 1140. The molecule has 8 heteroatoms. The van der Waals surface area contributed by atoms with Gasteiger partial charge in [0, 0.05) is 4.90 Å². The van der Waals surface area contributed by atoms with Gasteiger partial charge in [-0.05, 0) is 71.0 Å². The third kappa shape index (κ3) is 5.15. The summed E-state index contributed by atoms with van der Waals surface area (Å²) in [4.78, 5) is 1.18. The van der Waals surface area contributed by atoms with E-state index in [0.717, 1.165) is 28.6 Å². The summed E-state index contributed by atoms with van der Waals surface area (Å²) in [5.41, 5.74) is 3.56. The molecule has 0 N–H and O–H groups in total. The molecule has 0 aromatic heterocycles. The van der Waals surface area contributed by atoms with Crippen LogP contribution < -0.4 is 23.7 Å². The molecule has 1 unspecified atom stereocenters. The van der Waals surface area contributed by atoms with Crippen molar-refractivity contribution in [3.8, 4) is 28.7 Å². The summed E-state index contributed by atoms with van der Waals surface area (Å²) in [6.45, 7) is 0.254. The van der Waals surface area contributed by atoms with Crippen LogP contribution in [0.15, 0.2) is 59.5 Å². The normalized spacial score (nSPS) is 16.1. The number of ether oxygens (including phenoxy) is 5. The van der Waals surface area contributed by atoms with Gasteiger partial charge < -0.3 is 23.7 Å². The van der Waals surface area contributed by atoms with E-state index in [0.29, 0.717) is 21.8 Å². The monoisotopic (exact) mass is 528 g/mol. The molecule has 2 aliphatic rings. The highest BCUT2D eigenvalue weighted by atomic mass is 32.2. The lowest BCUT2D eigenvalue weighted by atomic mass is 9.98. The van der Waals surface area contributed by atoms with Gasteiger partial charge in [-0.3, -0.25) is 0 Å². The number of thioether (sulfide) groups is 3. The first-order valence-electron chi connectivity index (χ1n) is 11.4. The summed E-state index contributed by atoms with van der Waals surface area (Å²) in [6, 6.07) is 18.9. The van der Waals surface area contributed by atoms with Crippen LogP contribution in [-0.2, 0) is 0 Å². The second kappa shape index (κ2) is 11.2. The Morgan fingerprint density at radius 1 is 0.857 bits per heavy atom. The van der Waals surface area contributed by atoms with Crippen LogP contribution in [0.25, 0.3) is 0 Å². The molecule has 1 saturated heterocycles. The molecule has 35 heavy (non-hydrogen) atoms. The van der Waals surface area contributed by atoms with Crippen molar-refractivity contribution < 1.29 is 23.7 Å². The van der Waals surface area contributed by atoms with E-state index in [-0.39, 0.29) is 12.0 Å². The van der Waals surface area contributed by atoms with Gasteiger partial charge in [-0.15, -0.1) is 35.3 Å². The van der Waals surface area contributed by atoms with E-state index in [1.54, 1.807) is 33.1 Å². The second-order valence-corrected chi connectivity index (χ2v) is 11.9. The molecule has 0 bridgehead atoms. The van der Waals surface area contributed by atoms with Gasteiger partial charge in [0.15, 0.2) is 23.0 Å². The minimum Gasteiger partial charge on any atom is -0.493 e. The number of hydrogen-bond acceptors (Lipinski definition) is 8. The summed E-state index contributed by atoms with van der Waals surface area (Å²) >= 11 is 5.81. The zero-order valence-corrected chi connectivity index (χ0v) is 22.4. The van der Waals surface area contributed by atoms with Crippen LogP contribution in [0.1, 0.15) is 32.9 Å². The number of methoxy groups -OCH3 is 3. The van der Waals surface area contributed by atoms with Gasteiger partial charge >= 0.3 is 0 Å². The van der Waals surface area contributed by atoms with Gasteiger partial charge in [-0.2, -0.15) is 0 Å². The van der Waals surface area contributed by atoms with E-state index in [4.69, 9.17) is 23.7 Å². The number of fused-ring (bicyclic) bond motifs is 1. The summed E-state index contributed by atoms with van der Waals surface area (Å²) in [6.07, 6.45) is 1.24. The number of benzene rings is 3. The van der Waals surface area contributed by atoms with Crippen LogP contribution in [-0.4, -0.2) is 39.6 Å². The quantitative estimate of drug-likeness (QED) is 0.285. The van der Waals surface area contributed by atoms with Crippen molar-refractivity contribution in [3.63, 3.8) is 0 Å². The first-order valence-corrected chi connectivity index (χ1v) is 14.4. The first kappa shape index (κ1) is 24.4. The van der Waals surface area contributed by atoms with Crippen LogP contribution >= 0.6 is 35.3 Å². The zero-order valence-electron chi connectivity index (χ0n) is 19.9. The highest BCUT2D eigenvalue weighted by Crippen LogP contribution is 2.54. The standard InChI is InChI=1S/C27H28O5S3/c1-28-23-12-17(13-24(29-2)25(23)30-3)26(35-18-8-5-4-6-9-18)19-14-21-22(32-16-31-21)15-20(19)27-33-10-7-11-34-27/h4-6,8-9,12-15,26-27H,7,10-11,16H2,1-3H3. The molecule has 0 saturated carbocycles. The maximum absolute atomic E-state index is 5.83. The maximum Gasteiger partial charge on any atom is 0.231 e. The Balaban J connectivity index is 1.69. The average molecular weight is 529 g/mol. The lowest BCUT2D eigenvalue weighted by Crippen LogP contribution is -2.08. The molecule has 3 aromatic carbocycles. The van der Waals surface area contributed by atoms with Crippen LogP contribution in [0, 0.1) is 0 Å². The molecular formula is C27H28O5S3. The lowest BCUT2D eigenvalue weighted by Gasteiger charge is -2.28. The average Bonchev–Trinajstić information content (AvgIpc) is 3.39. The zero-order chi connectivity index (χ0) is 24.2. The van der Waals surface area contributed by atoms with Crippen molar-refractivity contribution >= 4 is 35.3 Å². The van der Waals surface area contributed by atoms with Crippen molar-refractivity contribution in [2.75, 3.05) is 39.6 Å². The Morgan fingerprint density at radius 3 is 2.14 bits per heavy atom. The first-order chi connectivity index (χ1) is 17.2. The molecule has 1 fully saturated rings. The SMILES string of the molecule is COc1cc(C(Sc2ccccc2)c2cc3c(cc2C2SCCCS2)OCO3)cc(OC)c1OC. The molecule has 0 aliphatic carbocycles. The van der Waals surface area contributed by atoms with Gasteiger partial charge in [0.25, 0.3) is 0 Å². The molecular weight excluding hydrogens is 500 g/mol. The molecule has 0 spiro atoms. The molecule has 5 rings (SSSR count). The summed E-state index contributed by atoms with van der Waals surface area (Å²) in [5.74, 6) is 5.81. The number of hydrogen-bond donors (Lipinski definition) is 0. The maximum atomic E-state index is 5.83. The van der Waals surface area contributed by atoms with Crippen LogP contribution in [0.4, 0.5) is 0 Å². The van der Waals surface area contributed by atoms with E-state index < -0.39 is 0 Å². The van der Waals surface area contributed by atoms with Gasteiger partial charge in [0.2, 0.25) is 12.5 Å².